The van der Waals surface area contributed by atoms with Crippen LogP contribution in [0.25, 0.3) is 0 Å². The van der Waals surface area contributed by atoms with Crippen molar-refractivity contribution in [1.29, 1.82) is 0 Å². The van der Waals surface area contributed by atoms with Gasteiger partial charge in [-0.05, 0) is 51.2 Å². The number of nitrogens with zero attached hydrogens (tertiary/aromatic N) is 1. The Labute approximate surface area is 109 Å². The number of nitrogens with one attached hydrogen (secondary N) is 1. The van der Waals surface area contributed by atoms with Crippen LogP contribution in [-0.4, -0.2) is 45.1 Å². The number of hydrogen-bond acceptors (Lipinski definition) is 3. The summed E-state index contributed by atoms with van der Waals surface area (Å²) in [5.41, 5.74) is 2.81. The largest absolute Gasteiger partial charge is 0.496 e. The van der Waals surface area contributed by atoms with Crippen molar-refractivity contribution < 1.29 is 9.53 Å². The maximum absolute atomic E-state index is 12.1. The lowest BCUT2D eigenvalue weighted by molar-refractivity contribution is 0.0948. The van der Waals surface area contributed by atoms with Crippen molar-refractivity contribution >= 4 is 5.91 Å². The van der Waals surface area contributed by atoms with E-state index in [9.17, 15) is 4.79 Å². The number of likely N-dealkylation sites (N-methyl/N-ethyl adjacent to an activating group) is 1. The van der Waals surface area contributed by atoms with Crippen LogP contribution < -0.4 is 10.1 Å². The van der Waals surface area contributed by atoms with Gasteiger partial charge in [0, 0.05) is 13.1 Å². The van der Waals surface area contributed by atoms with E-state index in [2.05, 4.69) is 5.32 Å². The number of aryl methyl sites for hydroxylation is 2. The summed E-state index contributed by atoms with van der Waals surface area (Å²) in [6, 6.07) is 3.77. The smallest absolute Gasteiger partial charge is 0.255 e. The van der Waals surface area contributed by atoms with E-state index >= 15 is 0 Å². The summed E-state index contributed by atoms with van der Waals surface area (Å²) in [6.07, 6.45) is 0. The molecule has 4 heteroatoms. The molecular formula is C14H22N2O2. The van der Waals surface area contributed by atoms with Crippen LogP contribution in [0.3, 0.4) is 0 Å². The van der Waals surface area contributed by atoms with Crippen LogP contribution in [-0.2, 0) is 0 Å². The Hall–Kier alpha value is -1.55. The zero-order valence-electron chi connectivity index (χ0n) is 11.8. The molecule has 0 saturated carbocycles. The van der Waals surface area contributed by atoms with Gasteiger partial charge in [0.1, 0.15) is 5.75 Å². The zero-order chi connectivity index (χ0) is 13.7. The predicted octanol–water partition coefficient (Wildman–Crippen LogP) is 1.60. The molecular weight excluding hydrogens is 228 g/mol. The Bertz CT molecular complexity index is 428. The highest BCUT2D eigenvalue weighted by Gasteiger charge is 2.13. The van der Waals surface area contributed by atoms with Crippen molar-refractivity contribution in [2.45, 2.75) is 13.8 Å². The second-order valence-electron chi connectivity index (χ2n) is 4.70. The fourth-order valence-corrected chi connectivity index (χ4v) is 1.62. The number of amides is 1. The predicted molar refractivity (Wildman–Crippen MR) is 73.4 cm³/mol. The third-order valence-electron chi connectivity index (χ3n) is 2.91. The van der Waals surface area contributed by atoms with Crippen molar-refractivity contribution in [3.05, 3.63) is 28.8 Å². The van der Waals surface area contributed by atoms with E-state index in [1.54, 1.807) is 7.11 Å². The van der Waals surface area contributed by atoms with Crippen LogP contribution in [0.2, 0.25) is 0 Å². The standard InChI is InChI=1S/C14H22N2O2/c1-10-8-12(13(18-5)9-11(10)2)14(17)15-6-7-16(3)4/h8-9H,6-7H2,1-5H3,(H,15,17). The maximum atomic E-state index is 12.1. The Kier molecular flexibility index (Phi) is 5.16. The van der Waals surface area contributed by atoms with Gasteiger partial charge in [0.25, 0.3) is 5.91 Å². The van der Waals surface area contributed by atoms with Gasteiger partial charge in [0.05, 0.1) is 12.7 Å². The van der Waals surface area contributed by atoms with Gasteiger partial charge in [-0.25, -0.2) is 0 Å². The van der Waals surface area contributed by atoms with Gasteiger partial charge in [-0.3, -0.25) is 4.79 Å². The van der Waals surface area contributed by atoms with E-state index in [1.165, 1.54) is 0 Å². The second kappa shape index (κ2) is 6.40. The second-order valence-corrected chi connectivity index (χ2v) is 4.70. The lowest BCUT2D eigenvalue weighted by Gasteiger charge is -2.13. The van der Waals surface area contributed by atoms with Crippen LogP contribution in [0.1, 0.15) is 21.5 Å². The van der Waals surface area contributed by atoms with Gasteiger partial charge >= 0.3 is 0 Å². The highest BCUT2D eigenvalue weighted by molar-refractivity contribution is 5.97. The van der Waals surface area contributed by atoms with Crippen LogP contribution >= 0.6 is 0 Å². The van der Waals surface area contributed by atoms with Gasteiger partial charge in [-0.2, -0.15) is 0 Å². The monoisotopic (exact) mass is 250 g/mol. The molecule has 0 spiro atoms. The van der Waals surface area contributed by atoms with E-state index in [0.29, 0.717) is 17.9 Å². The van der Waals surface area contributed by atoms with Crippen molar-refractivity contribution in [2.24, 2.45) is 0 Å². The fourth-order valence-electron chi connectivity index (χ4n) is 1.62. The third kappa shape index (κ3) is 3.74. The molecule has 1 rings (SSSR count). The summed E-state index contributed by atoms with van der Waals surface area (Å²) in [7, 11) is 5.53. The highest BCUT2D eigenvalue weighted by atomic mass is 16.5. The SMILES string of the molecule is COc1cc(C)c(C)cc1C(=O)NCCN(C)C. The highest BCUT2D eigenvalue weighted by Crippen LogP contribution is 2.22. The van der Waals surface area contributed by atoms with Crippen LogP contribution in [0.15, 0.2) is 12.1 Å². The van der Waals surface area contributed by atoms with E-state index < -0.39 is 0 Å². The van der Waals surface area contributed by atoms with E-state index in [1.807, 2.05) is 45.0 Å². The molecule has 1 aromatic carbocycles. The molecule has 100 valence electrons. The van der Waals surface area contributed by atoms with Crippen molar-refractivity contribution in [3.8, 4) is 5.75 Å². The first-order valence-corrected chi connectivity index (χ1v) is 6.04. The number of methoxy groups -OCH3 is 1. The number of carbonyl (C=O) groups excluding carboxylic acids is 1. The van der Waals surface area contributed by atoms with Gasteiger partial charge < -0.3 is 15.0 Å². The molecule has 0 atom stereocenters. The Morgan fingerprint density at radius 3 is 2.44 bits per heavy atom. The molecule has 4 nitrogen and oxygen atoms in total. The topological polar surface area (TPSA) is 41.6 Å². The summed E-state index contributed by atoms with van der Waals surface area (Å²) in [4.78, 5) is 14.1. The lowest BCUT2D eigenvalue weighted by Crippen LogP contribution is -2.31. The molecule has 1 N–H and O–H groups in total. The third-order valence-corrected chi connectivity index (χ3v) is 2.91. The molecule has 0 bridgehead atoms. The average Bonchev–Trinajstić information content (AvgIpc) is 2.31. The lowest BCUT2D eigenvalue weighted by atomic mass is 10.0. The summed E-state index contributed by atoms with van der Waals surface area (Å²) >= 11 is 0. The molecule has 0 radical (unpaired) electrons. The van der Waals surface area contributed by atoms with Crippen LogP contribution in [0, 0.1) is 13.8 Å². The summed E-state index contributed by atoms with van der Waals surface area (Å²) in [5, 5.41) is 2.89. The van der Waals surface area contributed by atoms with Crippen molar-refractivity contribution in [2.75, 3.05) is 34.3 Å². The molecule has 0 aromatic heterocycles. The maximum Gasteiger partial charge on any atom is 0.255 e. The van der Waals surface area contributed by atoms with Crippen molar-refractivity contribution in [3.63, 3.8) is 0 Å². The molecule has 1 aromatic rings. The minimum atomic E-state index is -0.0863. The van der Waals surface area contributed by atoms with Crippen molar-refractivity contribution in [1.82, 2.24) is 10.2 Å². The van der Waals surface area contributed by atoms with E-state index in [0.717, 1.165) is 17.7 Å². The molecule has 0 aliphatic rings. The number of hydrogen-bond donors (Lipinski definition) is 1. The molecule has 0 aliphatic carbocycles. The van der Waals surface area contributed by atoms with Gasteiger partial charge in [0.15, 0.2) is 0 Å². The number of rotatable bonds is 5. The molecule has 0 saturated heterocycles. The van der Waals surface area contributed by atoms with Gasteiger partial charge in [-0.1, -0.05) is 0 Å². The Morgan fingerprint density at radius 2 is 1.89 bits per heavy atom. The van der Waals surface area contributed by atoms with E-state index in [4.69, 9.17) is 4.74 Å². The summed E-state index contributed by atoms with van der Waals surface area (Å²) < 4.78 is 5.26. The Morgan fingerprint density at radius 1 is 1.28 bits per heavy atom. The minimum absolute atomic E-state index is 0.0863. The normalized spacial score (nSPS) is 10.6. The first-order chi connectivity index (χ1) is 8.45. The van der Waals surface area contributed by atoms with Gasteiger partial charge in [-0.15, -0.1) is 0 Å². The summed E-state index contributed by atoms with van der Waals surface area (Å²) in [5.74, 6) is 0.539. The molecule has 0 aliphatic heterocycles. The average molecular weight is 250 g/mol. The minimum Gasteiger partial charge on any atom is -0.496 e. The first-order valence-electron chi connectivity index (χ1n) is 6.04. The zero-order valence-corrected chi connectivity index (χ0v) is 11.8. The number of benzene rings is 1. The van der Waals surface area contributed by atoms with E-state index in [-0.39, 0.29) is 5.91 Å². The molecule has 0 unspecified atom stereocenters. The molecule has 0 heterocycles. The first kappa shape index (κ1) is 14.5. The quantitative estimate of drug-likeness (QED) is 0.863. The summed E-state index contributed by atoms with van der Waals surface area (Å²) in [6.45, 7) is 5.44. The Balaban J connectivity index is 2.81. The van der Waals surface area contributed by atoms with Crippen LogP contribution in [0.5, 0.6) is 5.75 Å². The molecule has 1 amide bonds. The van der Waals surface area contributed by atoms with Crippen LogP contribution in [0.4, 0.5) is 0 Å². The molecule has 18 heavy (non-hydrogen) atoms. The van der Waals surface area contributed by atoms with Gasteiger partial charge in [0.2, 0.25) is 0 Å². The fraction of sp³-hybridized carbons (Fsp3) is 0.500. The number of ether oxygens (including phenoxy) is 1. The number of carbonyl (C=O) groups is 1. The molecule has 0 fully saturated rings.